The summed E-state index contributed by atoms with van der Waals surface area (Å²) in [7, 11) is 0. The van der Waals surface area contributed by atoms with Gasteiger partial charge in [-0.05, 0) is 75.1 Å². The number of carbonyl (C=O) groups excluding carboxylic acids is 1. The Morgan fingerprint density at radius 2 is 1.75 bits per heavy atom. The summed E-state index contributed by atoms with van der Waals surface area (Å²) in [5.74, 6) is 0. The van der Waals surface area contributed by atoms with Gasteiger partial charge in [0.05, 0.1) is 0 Å². The van der Waals surface area contributed by atoms with Gasteiger partial charge in [0.25, 0.3) is 0 Å². The SMILES string of the molecule is Cc1cc(CN2CCC3(CCN(C(=O)OC(C)C(F)(F)F)CC3)C2)ccc1N1CCCC1. The molecule has 0 radical (unpaired) electrons. The lowest BCUT2D eigenvalue weighted by molar-refractivity contribution is -0.200. The molecule has 0 N–H and O–H groups in total. The Kier molecular flexibility index (Phi) is 6.61. The third kappa shape index (κ3) is 5.16. The number of hydrogen-bond donors (Lipinski definition) is 0. The minimum absolute atomic E-state index is 0.150. The van der Waals surface area contributed by atoms with Crippen LogP contribution < -0.4 is 4.90 Å². The fraction of sp³-hybridized carbons (Fsp3) is 0.708. The Morgan fingerprint density at radius 3 is 2.38 bits per heavy atom. The number of halogens is 3. The summed E-state index contributed by atoms with van der Waals surface area (Å²) in [4.78, 5) is 18.5. The molecule has 0 bridgehead atoms. The zero-order valence-electron chi connectivity index (χ0n) is 19.1. The third-order valence-electron chi connectivity index (χ3n) is 7.45. The first-order valence-electron chi connectivity index (χ1n) is 11.7. The molecule has 1 spiro atoms. The van der Waals surface area contributed by atoms with E-state index in [9.17, 15) is 18.0 Å². The number of anilines is 1. The summed E-state index contributed by atoms with van der Waals surface area (Å²) in [6.45, 7) is 9.18. The second-order valence-corrected chi connectivity index (χ2v) is 9.83. The highest BCUT2D eigenvalue weighted by Crippen LogP contribution is 2.41. The summed E-state index contributed by atoms with van der Waals surface area (Å²) < 4.78 is 42.6. The average molecular weight is 454 g/mol. The first-order valence-corrected chi connectivity index (χ1v) is 11.7. The molecule has 178 valence electrons. The molecular weight excluding hydrogens is 419 g/mol. The van der Waals surface area contributed by atoms with Gasteiger partial charge in [0.1, 0.15) is 0 Å². The molecule has 3 fully saturated rings. The molecule has 0 aromatic heterocycles. The molecule has 3 heterocycles. The summed E-state index contributed by atoms with van der Waals surface area (Å²) in [5.41, 5.74) is 4.16. The van der Waals surface area contributed by atoms with E-state index in [1.807, 2.05) is 0 Å². The highest BCUT2D eigenvalue weighted by molar-refractivity contribution is 5.68. The van der Waals surface area contributed by atoms with Gasteiger partial charge in [-0.15, -0.1) is 0 Å². The average Bonchev–Trinajstić information content (AvgIpc) is 3.39. The van der Waals surface area contributed by atoms with E-state index in [1.165, 1.54) is 34.6 Å². The fourth-order valence-corrected chi connectivity index (χ4v) is 5.41. The normalized spacial score (nSPS) is 22.5. The van der Waals surface area contributed by atoms with Crippen molar-refractivity contribution in [2.24, 2.45) is 5.41 Å². The predicted octanol–water partition coefficient (Wildman–Crippen LogP) is 4.97. The fourth-order valence-electron chi connectivity index (χ4n) is 5.41. The van der Waals surface area contributed by atoms with E-state index >= 15 is 0 Å². The van der Waals surface area contributed by atoms with E-state index in [4.69, 9.17) is 0 Å². The van der Waals surface area contributed by atoms with E-state index < -0.39 is 18.4 Å². The Hall–Kier alpha value is -1.96. The molecule has 0 aliphatic carbocycles. The van der Waals surface area contributed by atoms with Crippen molar-refractivity contribution in [3.63, 3.8) is 0 Å². The maximum Gasteiger partial charge on any atom is 0.425 e. The smallest absolute Gasteiger partial charge is 0.425 e. The zero-order valence-corrected chi connectivity index (χ0v) is 19.1. The van der Waals surface area contributed by atoms with Crippen LogP contribution in [0.25, 0.3) is 0 Å². The minimum atomic E-state index is -4.52. The number of carbonyl (C=O) groups is 1. The number of piperidine rings is 1. The second kappa shape index (κ2) is 9.12. The number of aryl methyl sites for hydroxylation is 1. The zero-order chi connectivity index (χ0) is 22.9. The minimum Gasteiger partial charge on any atom is -0.437 e. The highest BCUT2D eigenvalue weighted by Gasteiger charge is 2.43. The molecule has 4 rings (SSSR count). The Morgan fingerprint density at radius 1 is 1.09 bits per heavy atom. The molecule has 0 saturated carbocycles. The molecule has 3 saturated heterocycles. The first kappa shape index (κ1) is 23.2. The largest absolute Gasteiger partial charge is 0.437 e. The van der Waals surface area contributed by atoms with E-state index in [-0.39, 0.29) is 5.41 Å². The monoisotopic (exact) mass is 453 g/mol. The lowest BCUT2D eigenvalue weighted by Crippen LogP contribution is -2.46. The molecule has 1 aromatic carbocycles. The van der Waals surface area contributed by atoms with Gasteiger partial charge in [-0.2, -0.15) is 13.2 Å². The maximum absolute atomic E-state index is 12.7. The number of alkyl halides is 3. The summed E-state index contributed by atoms with van der Waals surface area (Å²) in [5, 5.41) is 0. The van der Waals surface area contributed by atoms with Crippen LogP contribution in [-0.2, 0) is 11.3 Å². The van der Waals surface area contributed by atoms with Crippen LogP contribution in [0.2, 0.25) is 0 Å². The Bertz CT molecular complexity index is 815. The maximum atomic E-state index is 12.7. The van der Waals surface area contributed by atoms with Gasteiger partial charge in [0.15, 0.2) is 6.10 Å². The van der Waals surface area contributed by atoms with Crippen molar-refractivity contribution in [3.05, 3.63) is 29.3 Å². The molecule has 1 amide bonds. The summed E-state index contributed by atoms with van der Waals surface area (Å²) in [6, 6.07) is 6.80. The Balaban J connectivity index is 1.28. The lowest BCUT2D eigenvalue weighted by Gasteiger charge is -2.39. The Labute approximate surface area is 188 Å². The number of benzene rings is 1. The molecule has 3 aliphatic rings. The standard InChI is InChI=1S/C24H34F3N3O2/c1-18-15-20(5-6-21(18)29-10-3-4-11-29)16-28-12-7-23(17-28)8-13-30(14-9-23)22(31)32-19(2)24(25,26)27/h5-6,15,19H,3-4,7-14,16-17H2,1-2H3. The molecule has 8 heteroatoms. The second-order valence-electron chi connectivity index (χ2n) is 9.83. The van der Waals surface area contributed by atoms with Crippen molar-refractivity contribution in [1.29, 1.82) is 0 Å². The number of hydrogen-bond acceptors (Lipinski definition) is 4. The van der Waals surface area contributed by atoms with Crippen LogP contribution in [0.4, 0.5) is 23.7 Å². The van der Waals surface area contributed by atoms with E-state index in [2.05, 4.69) is 39.7 Å². The van der Waals surface area contributed by atoms with Crippen LogP contribution in [0.5, 0.6) is 0 Å². The summed E-state index contributed by atoms with van der Waals surface area (Å²) >= 11 is 0. The van der Waals surface area contributed by atoms with Gasteiger partial charge in [-0.1, -0.05) is 12.1 Å². The van der Waals surface area contributed by atoms with Gasteiger partial charge in [-0.25, -0.2) is 4.79 Å². The van der Waals surface area contributed by atoms with E-state index in [0.717, 1.165) is 58.9 Å². The summed E-state index contributed by atoms with van der Waals surface area (Å²) in [6.07, 6.45) is -2.22. The quantitative estimate of drug-likeness (QED) is 0.645. The van der Waals surface area contributed by atoms with Crippen molar-refractivity contribution in [2.75, 3.05) is 44.2 Å². The molecule has 5 nitrogen and oxygen atoms in total. The van der Waals surface area contributed by atoms with Crippen molar-refractivity contribution in [3.8, 4) is 0 Å². The third-order valence-corrected chi connectivity index (χ3v) is 7.45. The van der Waals surface area contributed by atoms with E-state index in [1.54, 1.807) is 0 Å². The highest BCUT2D eigenvalue weighted by atomic mass is 19.4. The van der Waals surface area contributed by atoms with Crippen molar-refractivity contribution in [1.82, 2.24) is 9.80 Å². The van der Waals surface area contributed by atoms with Gasteiger partial charge < -0.3 is 14.5 Å². The van der Waals surface area contributed by atoms with Crippen molar-refractivity contribution >= 4 is 11.8 Å². The van der Waals surface area contributed by atoms with E-state index in [0.29, 0.717) is 13.1 Å². The topological polar surface area (TPSA) is 36.0 Å². The predicted molar refractivity (Wildman–Crippen MR) is 118 cm³/mol. The van der Waals surface area contributed by atoms with Crippen LogP contribution >= 0.6 is 0 Å². The van der Waals surface area contributed by atoms with Crippen LogP contribution in [0.3, 0.4) is 0 Å². The van der Waals surface area contributed by atoms with Gasteiger partial charge >= 0.3 is 12.3 Å². The van der Waals surface area contributed by atoms with Crippen LogP contribution in [0.15, 0.2) is 18.2 Å². The number of likely N-dealkylation sites (tertiary alicyclic amines) is 2. The molecule has 1 aromatic rings. The number of rotatable bonds is 4. The molecule has 1 unspecified atom stereocenters. The number of amides is 1. The molecule has 32 heavy (non-hydrogen) atoms. The number of ether oxygens (including phenoxy) is 1. The first-order chi connectivity index (χ1) is 15.2. The van der Waals surface area contributed by atoms with Gasteiger partial charge in [0.2, 0.25) is 0 Å². The van der Waals surface area contributed by atoms with Gasteiger partial charge in [0, 0.05) is 45.0 Å². The van der Waals surface area contributed by atoms with Crippen molar-refractivity contribution in [2.45, 2.75) is 64.8 Å². The molecule has 3 aliphatic heterocycles. The molecule has 1 atom stereocenters. The van der Waals surface area contributed by atoms with Gasteiger partial charge in [-0.3, -0.25) is 4.90 Å². The van der Waals surface area contributed by atoms with Crippen molar-refractivity contribution < 1.29 is 22.7 Å². The lowest BCUT2D eigenvalue weighted by atomic mass is 9.78. The number of nitrogens with zero attached hydrogens (tertiary/aromatic N) is 3. The van der Waals surface area contributed by atoms with Crippen LogP contribution in [0.1, 0.15) is 50.2 Å². The van der Waals surface area contributed by atoms with Crippen LogP contribution in [-0.4, -0.2) is 67.4 Å². The molecular formula is C24H34F3N3O2. The van der Waals surface area contributed by atoms with Crippen LogP contribution in [0, 0.1) is 12.3 Å².